The van der Waals surface area contributed by atoms with Crippen LogP contribution in [0.1, 0.15) is 69.5 Å². The molecule has 196 valence electrons. The van der Waals surface area contributed by atoms with Crippen molar-refractivity contribution in [2.75, 3.05) is 11.5 Å². The van der Waals surface area contributed by atoms with Crippen molar-refractivity contribution < 1.29 is 23.1 Å². The molecule has 6 nitrogen and oxygen atoms in total. The third kappa shape index (κ3) is 6.06. The number of halogens is 2. The van der Waals surface area contributed by atoms with Crippen LogP contribution in [0.2, 0.25) is 10.0 Å². The Morgan fingerprint density at radius 1 is 1.08 bits per heavy atom. The van der Waals surface area contributed by atoms with E-state index in [0.717, 1.165) is 11.1 Å². The largest absolute Gasteiger partial charge is 0.481 e. The molecule has 0 unspecified atom stereocenters. The Balaban J connectivity index is 2.30. The topological polar surface area (TPSA) is 91.8 Å². The van der Waals surface area contributed by atoms with Crippen LogP contribution >= 0.6 is 23.2 Å². The van der Waals surface area contributed by atoms with Gasteiger partial charge in [-0.3, -0.25) is 9.59 Å². The summed E-state index contributed by atoms with van der Waals surface area (Å²) >= 11 is 12.5. The first-order valence-corrected chi connectivity index (χ1v) is 14.8. The Hall–Kier alpha value is -2.09. The van der Waals surface area contributed by atoms with Crippen LogP contribution < -0.4 is 0 Å². The van der Waals surface area contributed by atoms with Gasteiger partial charge in [0.05, 0.1) is 23.6 Å². The quantitative estimate of drug-likeness (QED) is 0.381. The summed E-state index contributed by atoms with van der Waals surface area (Å²) in [4.78, 5) is 27.9. The number of hydrogen-bond donors (Lipinski definition) is 1. The van der Waals surface area contributed by atoms with Gasteiger partial charge >= 0.3 is 5.97 Å². The zero-order valence-electron chi connectivity index (χ0n) is 20.8. The molecular formula is C27H33Cl2NO5S. The SMILES string of the molecule is CC[C@@H](CS(=O)(=O)CC)N1C(=O)[C@](CC)(CC(=O)O)C[C@H](c2cccc(Cl)c2)[C@H]1c1ccc(Cl)cc1. The maximum atomic E-state index is 14.3. The number of hydrogen-bond acceptors (Lipinski definition) is 4. The zero-order chi connectivity index (χ0) is 26.7. The molecule has 2 aromatic carbocycles. The summed E-state index contributed by atoms with van der Waals surface area (Å²) in [5.74, 6) is -1.91. The monoisotopic (exact) mass is 553 g/mol. The Morgan fingerprint density at radius 3 is 2.28 bits per heavy atom. The Kier molecular flexibility index (Phi) is 9.12. The van der Waals surface area contributed by atoms with Crippen molar-refractivity contribution in [3.63, 3.8) is 0 Å². The maximum absolute atomic E-state index is 14.3. The Bertz CT molecular complexity index is 1200. The number of likely N-dealkylation sites (tertiary alicyclic amines) is 1. The fourth-order valence-corrected chi connectivity index (χ4v) is 6.90. The smallest absolute Gasteiger partial charge is 0.304 e. The van der Waals surface area contributed by atoms with Crippen molar-refractivity contribution in [1.29, 1.82) is 0 Å². The number of carboxylic acid groups (broad SMARTS) is 1. The minimum absolute atomic E-state index is 0.0388. The summed E-state index contributed by atoms with van der Waals surface area (Å²) < 4.78 is 25.5. The maximum Gasteiger partial charge on any atom is 0.304 e. The molecule has 0 spiro atoms. The molecule has 0 saturated carbocycles. The molecule has 0 aliphatic carbocycles. The van der Waals surface area contributed by atoms with E-state index in [4.69, 9.17) is 23.2 Å². The first-order chi connectivity index (χ1) is 17.0. The van der Waals surface area contributed by atoms with Gasteiger partial charge in [0.1, 0.15) is 0 Å². The standard InChI is InChI=1S/C27H33Cl2NO5S/c1-4-22(17-36(34,35)6-3)30-25(18-10-12-20(28)13-11-18)23(19-8-7-9-21(29)14-19)15-27(5-2,26(30)33)16-24(31)32/h7-14,22-23,25H,4-6,15-17H2,1-3H3,(H,31,32)/t22-,23+,25+,27-/m0/s1. The van der Waals surface area contributed by atoms with E-state index in [2.05, 4.69) is 0 Å². The van der Waals surface area contributed by atoms with Gasteiger partial charge in [0, 0.05) is 27.8 Å². The molecule has 1 aliphatic heterocycles. The van der Waals surface area contributed by atoms with Crippen molar-refractivity contribution in [1.82, 2.24) is 4.90 Å². The highest BCUT2D eigenvalue weighted by Gasteiger charge is 2.54. The van der Waals surface area contributed by atoms with Gasteiger partial charge in [-0.25, -0.2) is 8.42 Å². The highest BCUT2D eigenvalue weighted by Crippen LogP contribution is 2.53. The molecular weight excluding hydrogens is 521 g/mol. The lowest BCUT2D eigenvalue weighted by molar-refractivity contribution is -0.161. The second-order valence-electron chi connectivity index (χ2n) is 9.54. The predicted molar refractivity (Wildman–Crippen MR) is 143 cm³/mol. The lowest BCUT2D eigenvalue weighted by Crippen LogP contribution is -2.58. The molecule has 1 heterocycles. The number of sulfone groups is 1. The second-order valence-corrected chi connectivity index (χ2v) is 12.8. The van der Waals surface area contributed by atoms with Gasteiger partial charge in [0.2, 0.25) is 5.91 Å². The molecule has 2 aromatic rings. The fourth-order valence-electron chi connectivity index (χ4n) is 5.36. The van der Waals surface area contributed by atoms with Crippen molar-refractivity contribution in [3.8, 4) is 0 Å². The average Bonchev–Trinajstić information content (AvgIpc) is 2.84. The average molecular weight is 555 g/mol. The summed E-state index contributed by atoms with van der Waals surface area (Å²) in [7, 11) is -3.42. The van der Waals surface area contributed by atoms with E-state index in [0.29, 0.717) is 29.3 Å². The number of amides is 1. The van der Waals surface area contributed by atoms with E-state index in [1.165, 1.54) is 0 Å². The van der Waals surface area contributed by atoms with Crippen LogP contribution in [0.3, 0.4) is 0 Å². The number of benzene rings is 2. The third-order valence-electron chi connectivity index (χ3n) is 7.39. The summed E-state index contributed by atoms with van der Waals surface area (Å²) in [5, 5.41) is 10.9. The normalized spacial score (nSPS) is 23.5. The van der Waals surface area contributed by atoms with Crippen molar-refractivity contribution in [3.05, 3.63) is 69.7 Å². The number of carbonyl (C=O) groups excluding carboxylic acids is 1. The number of nitrogens with zero attached hydrogens (tertiary/aromatic N) is 1. The molecule has 1 aliphatic rings. The molecule has 1 saturated heterocycles. The highest BCUT2D eigenvalue weighted by molar-refractivity contribution is 7.91. The van der Waals surface area contributed by atoms with Crippen LogP contribution in [-0.4, -0.2) is 47.8 Å². The van der Waals surface area contributed by atoms with E-state index in [-0.39, 0.29) is 29.8 Å². The van der Waals surface area contributed by atoms with Crippen LogP contribution in [-0.2, 0) is 19.4 Å². The number of carboxylic acids is 1. The Morgan fingerprint density at radius 2 is 1.75 bits per heavy atom. The Labute approximate surface area is 223 Å². The summed E-state index contributed by atoms with van der Waals surface area (Å²) in [6.07, 6.45) is 0.691. The van der Waals surface area contributed by atoms with Crippen LogP contribution in [0, 0.1) is 5.41 Å². The zero-order valence-corrected chi connectivity index (χ0v) is 23.1. The fraction of sp³-hybridized carbons (Fsp3) is 0.481. The minimum Gasteiger partial charge on any atom is -0.481 e. The number of carbonyl (C=O) groups is 2. The van der Waals surface area contributed by atoms with E-state index < -0.39 is 33.3 Å². The van der Waals surface area contributed by atoms with Crippen molar-refractivity contribution in [2.45, 2.75) is 64.5 Å². The van der Waals surface area contributed by atoms with Crippen molar-refractivity contribution in [2.24, 2.45) is 5.41 Å². The van der Waals surface area contributed by atoms with Gasteiger partial charge in [-0.05, 0) is 54.7 Å². The van der Waals surface area contributed by atoms with E-state index in [1.807, 2.05) is 44.2 Å². The molecule has 9 heteroatoms. The number of aliphatic carboxylic acids is 1. The van der Waals surface area contributed by atoms with Crippen LogP contribution in [0.4, 0.5) is 0 Å². The number of rotatable bonds is 10. The van der Waals surface area contributed by atoms with E-state index in [1.54, 1.807) is 30.0 Å². The van der Waals surface area contributed by atoms with Crippen molar-refractivity contribution >= 4 is 44.9 Å². The summed E-state index contributed by atoms with van der Waals surface area (Å²) in [5.41, 5.74) is 0.506. The molecule has 1 N–H and O–H groups in total. The van der Waals surface area contributed by atoms with Gasteiger partial charge in [-0.1, -0.05) is 68.2 Å². The van der Waals surface area contributed by atoms with Gasteiger partial charge in [-0.15, -0.1) is 0 Å². The molecule has 4 atom stereocenters. The summed E-state index contributed by atoms with van der Waals surface area (Å²) in [6, 6.07) is 13.4. The van der Waals surface area contributed by atoms with Gasteiger partial charge in [-0.2, -0.15) is 0 Å². The van der Waals surface area contributed by atoms with Gasteiger partial charge in [0.15, 0.2) is 9.84 Å². The molecule has 3 rings (SSSR count). The molecule has 1 fully saturated rings. The van der Waals surface area contributed by atoms with Crippen LogP contribution in [0.25, 0.3) is 0 Å². The third-order valence-corrected chi connectivity index (χ3v) is 9.64. The molecule has 0 aromatic heterocycles. The highest BCUT2D eigenvalue weighted by atomic mass is 35.5. The van der Waals surface area contributed by atoms with Crippen LogP contribution in [0.5, 0.6) is 0 Å². The van der Waals surface area contributed by atoms with Crippen LogP contribution in [0.15, 0.2) is 48.5 Å². The first kappa shape index (κ1) is 28.5. The second kappa shape index (κ2) is 11.5. The lowest BCUT2D eigenvalue weighted by Gasteiger charge is -2.52. The van der Waals surface area contributed by atoms with E-state index >= 15 is 0 Å². The predicted octanol–water partition coefficient (Wildman–Crippen LogP) is 6.14. The van der Waals surface area contributed by atoms with Gasteiger partial charge in [0.25, 0.3) is 0 Å². The molecule has 1 amide bonds. The molecule has 0 radical (unpaired) electrons. The summed E-state index contributed by atoms with van der Waals surface area (Å²) in [6.45, 7) is 5.27. The van der Waals surface area contributed by atoms with E-state index in [9.17, 15) is 23.1 Å². The first-order valence-electron chi connectivity index (χ1n) is 12.2. The molecule has 0 bridgehead atoms. The number of piperidine rings is 1. The molecule has 36 heavy (non-hydrogen) atoms. The van der Waals surface area contributed by atoms with Gasteiger partial charge < -0.3 is 10.0 Å². The minimum atomic E-state index is -3.42. The lowest BCUT2D eigenvalue weighted by atomic mass is 9.65.